The number of sulfonamides is 2. The van der Waals surface area contributed by atoms with E-state index >= 15 is 0 Å². The van der Waals surface area contributed by atoms with Crippen molar-refractivity contribution in [3.05, 3.63) is 24.3 Å². The molecule has 0 aliphatic rings. The molecule has 1 aromatic rings. The lowest BCUT2D eigenvalue weighted by Crippen LogP contribution is -2.36. The van der Waals surface area contributed by atoms with Gasteiger partial charge in [0.15, 0.2) is 0 Å². The Labute approximate surface area is 120 Å². The lowest BCUT2D eigenvalue weighted by atomic mass is 10.0. The van der Waals surface area contributed by atoms with Crippen molar-refractivity contribution in [3.8, 4) is 0 Å². The molecule has 6 nitrogen and oxygen atoms in total. The number of rotatable bonds is 6. The van der Waals surface area contributed by atoms with E-state index in [9.17, 15) is 16.8 Å². The molecule has 0 saturated carbocycles. The SMILES string of the molecule is CCC(C)C(C)NS(=O)(=O)c1ccc(S(N)(=O)=O)cc1. The van der Waals surface area contributed by atoms with Crippen LogP contribution in [0.4, 0.5) is 0 Å². The smallest absolute Gasteiger partial charge is 0.225 e. The van der Waals surface area contributed by atoms with E-state index in [1.54, 1.807) is 6.92 Å². The standard InChI is InChI=1S/C12H20N2O4S2/c1-4-9(2)10(3)14-20(17,18)12-7-5-11(6-8-12)19(13,15)16/h5-10,14H,4H2,1-3H3,(H2,13,15,16). The zero-order chi connectivity index (χ0) is 15.6. The van der Waals surface area contributed by atoms with E-state index in [-0.39, 0.29) is 21.8 Å². The van der Waals surface area contributed by atoms with Gasteiger partial charge in [-0.05, 0) is 37.1 Å². The van der Waals surface area contributed by atoms with Crippen LogP contribution >= 0.6 is 0 Å². The minimum Gasteiger partial charge on any atom is -0.225 e. The molecule has 0 amide bonds. The number of hydrogen-bond donors (Lipinski definition) is 2. The normalized spacial score (nSPS) is 15.8. The average Bonchev–Trinajstić information content (AvgIpc) is 2.36. The first-order valence-corrected chi connectivity index (χ1v) is 9.26. The summed E-state index contributed by atoms with van der Waals surface area (Å²) in [5.41, 5.74) is 0. The highest BCUT2D eigenvalue weighted by Crippen LogP contribution is 2.15. The zero-order valence-electron chi connectivity index (χ0n) is 11.7. The molecule has 0 aliphatic heterocycles. The molecule has 3 N–H and O–H groups in total. The summed E-state index contributed by atoms with van der Waals surface area (Å²) < 4.78 is 49.1. The maximum atomic E-state index is 12.1. The third-order valence-electron chi connectivity index (χ3n) is 3.30. The van der Waals surface area contributed by atoms with Crippen LogP contribution in [0.5, 0.6) is 0 Å². The Kier molecular flexibility index (Phi) is 5.31. The fraction of sp³-hybridized carbons (Fsp3) is 0.500. The largest absolute Gasteiger partial charge is 0.240 e. The van der Waals surface area contributed by atoms with Gasteiger partial charge < -0.3 is 0 Å². The molecule has 0 aromatic heterocycles. The first-order valence-electron chi connectivity index (χ1n) is 6.23. The lowest BCUT2D eigenvalue weighted by Gasteiger charge is -2.19. The Morgan fingerprint density at radius 2 is 1.50 bits per heavy atom. The van der Waals surface area contributed by atoms with Gasteiger partial charge in [-0.15, -0.1) is 0 Å². The number of hydrogen-bond acceptors (Lipinski definition) is 4. The van der Waals surface area contributed by atoms with Crippen LogP contribution in [0.15, 0.2) is 34.1 Å². The van der Waals surface area contributed by atoms with Crippen molar-refractivity contribution in [3.63, 3.8) is 0 Å². The van der Waals surface area contributed by atoms with Crippen molar-refractivity contribution in [2.45, 2.75) is 43.0 Å². The van der Waals surface area contributed by atoms with Gasteiger partial charge in [-0.3, -0.25) is 0 Å². The van der Waals surface area contributed by atoms with Crippen LogP contribution in [0.2, 0.25) is 0 Å². The van der Waals surface area contributed by atoms with Crippen LogP contribution in [-0.4, -0.2) is 22.9 Å². The van der Waals surface area contributed by atoms with E-state index < -0.39 is 20.0 Å². The van der Waals surface area contributed by atoms with E-state index in [2.05, 4.69) is 4.72 Å². The molecule has 1 aromatic carbocycles. The summed E-state index contributed by atoms with van der Waals surface area (Å²) in [6.45, 7) is 5.73. The lowest BCUT2D eigenvalue weighted by molar-refractivity contribution is 0.434. The van der Waals surface area contributed by atoms with Crippen LogP contribution in [0, 0.1) is 5.92 Å². The summed E-state index contributed by atoms with van der Waals surface area (Å²) >= 11 is 0. The molecule has 0 heterocycles. The number of nitrogens with one attached hydrogen (secondary N) is 1. The summed E-state index contributed by atoms with van der Waals surface area (Å²) in [5, 5.41) is 4.96. The van der Waals surface area contributed by atoms with Gasteiger partial charge >= 0.3 is 0 Å². The van der Waals surface area contributed by atoms with Crippen LogP contribution in [0.3, 0.4) is 0 Å². The summed E-state index contributed by atoms with van der Waals surface area (Å²) in [7, 11) is -7.48. The highest BCUT2D eigenvalue weighted by Gasteiger charge is 2.20. The van der Waals surface area contributed by atoms with Crippen molar-refractivity contribution >= 4 is 20.0 Å². The van der Waals surface area contributed by atoms with Gasteiger partial charge in [0.05, 0.1) is 9.79 Å². The summed E-state index contributed by atoms with van der Waals surface area (Å²) in [6.07, 6.45) is 0.855. The van der Waals surface area contributed by atoms with E-state index in [4.69, 9.17) is 5.14 Å². The molecular formula is C12H20N2O4S2. The van der Waals surface area contributed by atoms with Crippen LogP contribution in [0.1, 0.15) is 27.2 Å². The molecule has 0 saturated heterocycles. The molecule has 0 bridgehead atoms. The Balaban J connectivity index is 3.00. The number of benzene rings is 1. The quantitative estimate of drug-likeness (QED) is 0.817. The molecule has 0 fully saturated rings. The van der Waals surface area contributed by atoms with Gasteiger partial charge in [0.2, 0.25) is 20.0 Å². The predicted molar refractivity (Wildman–Crippen MR) is 77.1 cm³/mol. The number of nitrogens with two attached hydrogens (primary N) is 1. The van der Waals surface area contributed by atoms with E-state index in [0.29, 0.717) is 0 Å². The fourth-order valence-corrected chi connectivity index (χ4v) is 3.46. The molecule has 114 valence electrons. The topological polar surface area (TPSA) is 106 Å². The van der Waals surface area contributed by atoms with Crippen molar-refractivity contribution in [1.82, 2.24) is 4.72 Å². The third-order valence-corrected chi connectivity index (χ3v) is 5.81. The molecule has 8 heteroatoms. The molecule has 1 rings (SSSR count). The first-order chi connectivity index (χ1) is 9.08. The Bertz CT molecular complexity index is 651. The second-order valence-corrected chi connectivity index (χ2v) is 8.09. The molecule has 20 heavy (non-hydrogen) atoms. The van der Waals surface area contributed by atoms with Crippen LogP contribution in [-0.2, 0) is 20.0 Å². The molecular weight excluding hydrogens is 300 g/mol. The highest BCUT2D eigenvalue weighted by molar-refractivity contribution is 7.89. The Hall–Kier alpha value is -0.960. The Morgan fingerprint density at radius 3 is 1.90 bits per heavy atom. The third kappa shape index (κ3) is 4.27. The highest BCUT2D eigenvalue weighted by atomic mass is 32.2. The fourth-order valence-electron chi connectivity index (χ4n) is 1.59. The van der Waals surface area contributed by atoms with Crippen molar-refractivity contribution in [2.75, 3.05) is 0 Å². The van der Waals surface area contributed by atoms with E-state index in [0.717, 1.165) is 6.42 Å². The molecule has 0 radical (unpaired) electrons. The molecule has 0 aliphatic carbocycles. The van der Waals surface area contributed by atoms with Gasteiger partial charge in [-0.1, -0.05) is 20.3 Å². The second kappa shape index (κ2) is 6.21. The van der Waals surface area contributed by atoms with Gasteiger partial charge in [0.25, 0.3) is 0 Å². The minimum atomic E-state index is -3.82. The van der Waals surface area contributed by atoms with Crippen LogP contribution in [0.25, 0.3) is 0 Å². The predicted octanol–water partition coefficient (Wildman–Crippen LogP) is 1.05. The molecule has 2 unspecified atom stereocenters. The van der Waals surface area contributed by atoms with Gasteiger partial charge in [0.1, 0.15) is 0 Å². The maximum Gasteiger partial charge on any atom is 0.240 e. The Morgan fingerprint density at radius 1 is 1.05 bits per heavy atom. The van der Waals surface area contributed by atoms with Gasteiger partial charge in [0, 0.05) is 6.04 Å². The van der Waals surface area contributed by atoms with Crippen molar-refractivity contribution in [1.29, 1.82) is 0 Å². The summed E-state index contributed by atoms with van der Waals surface area (Å²) in [6, 6.07) is 4.61. The maximum absolute atomic E-state index is 12.1. The number of primary sulfonamides is 1. The molecule has 0 spiro atoms. The summed E-state index contributed by atoms with van der Waals surface area (Å²) in [4.78, 5) is -0.105. The van der Waals surface area contributed by atoms with E-state index in [1.807, 2.05) is 13.8 Å². The van der Waals surface area contributed by atoms with E-state index in [1.165, 1.54) is 24.3 Å². The molecule has 2 atom stereocenters. The van der Waals surface area contributed by atoms with Gasteiger partial charge in [-0.25, -0.2) is 26.7 Å². The summed E-state index contributed by atoms with van der Waals surface area (Å²) in [5.74, 6) is 0.202. The zero-order valence-corrected chi connectivity index (χ0v) is 13.3. The van der Waals surface area contributed by atoms with Gasteiger partial charge in [-0.2, -0.15) is 0 Å². The minimum absolute atomic E-state index is 0.0139. The van der Waals surface area contributed by atoms with Crippen LogP contribution < -0.4 is 9.86 Å². The average molecular weight is 320 g/mol. The van der Waals surface area contributed by atoms with Crippen molar-refractivity contribution < 1.29 is 16.8 Å². The second-order valence-electron chi connectivity index (χ2n) is 4.81. The van der Waals surface area contributed by atoms with Crippen molar-refractivity contribution in [2.24, 2.45) is 11.1 Å². The monoisotopic (exact) mass is 320 g/mol. The first kappa shape index (κ1) is 17.1.